The van der Waals surface area contributed by atoms with Crippen LogP contribution in [0.1, 0.15) is 33.6 Å². The van der Waals surface area contributed by atoms with Crippen LogP contribution in [-0.2, 0) is 11.3 Å². The summed E-state index contributed by atoms with van der Waals surface area (Å²) in [6.45, 7) is 6.23. The van der Waals surface area contributed by atoms with E-state index >= 15 is 0 Å². The van der Waals surface area contributed by atoms with E-state index in [4.69, 9.17) is 4.74 Å². The molecule has 5 rings (SSSR count). The lowest BCUT2D eigenvalue weighted by molar-refractivity contribution is -0.0419. The van der Waals surface area contributed by atoms with E-state index < -0.39 is 17.3 Å². The molecular formula is C27H30N6O4. The molecule has 0 radical (unpaired) electrons. The van der Waals surface area contributed by atoms with E-state index in [0.29, 0.717) is 42.7 Å². The molecule has 0 spiro atoms. The number of benzene rings is 1. The maximum absolute atomic E-state index is 13.2. The number of nitrogens with zero attached hydrogens (tertiary/aromatic N) is 6. The summed E-state index contributed by atoms with van der Waals surface area (Å²) < 4.78 is 8.42. The van der Waals surface area contributed by atoms with Gasteiger partial charge in [0.1, 0.15) is 17.3 Å². The van der Waals surface area contributed by atoms with Crippen molar-refractivity contribution in [3.8, 4) is 16.9 Å². The Bertz CT molecular complexity index is 1460. The smallest absolute Gasteiger partial charge is 0.410 e. The zero-order valence-electron chi connectivity index (χ0n) is 21.2. The number of aliphatic hydroxyl groups is 1. The summed E-state index contributed by atoms with van der Waals surface area (Å²) in [5.41, 5.74) is 0.953. The summed E-state index contributed by atoms with van der Waals surface area (Å²) in [4.78, 5) is 36.2. The molecule has 37 heavy (non-hydrogen) atoms. The molecular weight excluding hydrogens is 472 g/mol. The van der Waals surface area contributed by atoms with E-state index in [-0.39, 0.29) is 12.1 Å². The maximum atomic E-state index is 13.2. The van der Waals surface area contributed by atoms with Gasteiger partial charge in [0, 0.05) is 18.7 Å². The van der Waals surface area contributed by atoms with Crippen LogP contribution < -0.4 is 5.56 Å². The van der Waals surface area contributed by atoms with Crippen molar-refractivity contribution >= 4 is 17.1 Å². The normalized spacial score (nSPS) is 15.6. The van der Waals surface area contributed by atoms with Crippen molar-refractivity contribution in [2.24, 2.45) is 0 Å². The van der Waals surface area contributed by atoms with Crippen LogP contribution in [0.4, 0.5) is 4.79 Å². The second-order valence-electron chi connectivity index (χ2n) is 10.4. The minimum Gasteiger partial charge on any atom is -0.444 e. The molecule has 4 heterocycles. The molecule has 1 aliphatic heterocycles. The van der Waals surface area contributed by atoms with Gasteiger partial charge in [-0.25, -0.2) is 14.5 Å². The van der Waals surface area contributed by atoms with Gasteiger partial charge in [0.2, 0.25) is 0 Å². The van der Waals surface area contributed by atoms with Gasteiger partial charge in [-0.3, -0.25) is 14.3 Å². The van der Waals surface area contributed by atoms with Gasteiger partial charge < -0.3 is 14.7 Å². The van der Waals surface area contributed by atoms with Gasteiger partial charge in [-0.2, -0.15) is 5.10 Å². The number of aromatic nitrogens is 5. The van der Waals surface area contributed by atoms with Gasteiger partial charge in [0.15, 0.2) is 5.65 Å². The molecule has 3 aromatic heterocycles. The number of ether oxygens (including phenoxy) is 1. The molecule has 1 aromatic carbocycles. The summed E-state index contributed by atoms with van der Waals surface area (Å²) in [7, 11) is 0. The topological polar surface area (TPSA) is 115 Å². The van der Waals surface area contributed by atoms with Crippen LogP contribution in [0.3, 0.4) is 0 Å². The van der Waals surface area contributed by atoms with Crippen LogP contribution >= 0.6 is 0 Å². The third-order valence-corrected chi connectivity index (χ3v) is 6.43. The Balaban J connectivity index is 1.32. The first-order valence-corrected chi connectivity index (χ1v) is 12.3. The average Bonchev–Trinajstić information content (AvgIpc) is 3.31. The lowest BCUT2D eigenvalue weighted by Crippen LogP contribution is -2.50. The monoisotopic (exact) mass is 502 g/mol. The summed E-state index contributed by atoms with van der Waals surface area (Å²) in [5, 5.41) is 15.9. The van der Waals surface area contributed by atoms with Crippen molar-refractivity contribution in [3.63, 3.8) is 0 Å². The zero-order chi connectivity index (χ0) is 26.2. The molecule has 1 saturated heterocycles. The number of carbonyl (C=O) groups is 1. The first-order chi connectivity index (χ1) is 17.6. The van der Waals surface area contributed by atoms with Crippen LogP contribution in [0.15, 0.2) is 66.0 Å². The molecule has 0 unspecified atom stereocenters. The summed E-state index contributed by atoms with van der Waals surface area (Å²) in [6.07, 6.45) is 4.89. The van der Waals surface area contributed by atoms with Gasteiger partial charge in [0.05, 0.1) is 35.9 Å². The highest BCUT2D eigenvalue weighted by Crippen LogP contribution is 2.25. The molecule has 192 valence electrons. The lowest BCUT2D eigenvalue weighted by atomic mass is 9.91. The van der Waals surface area contributed by atoms with Crippen LogP contribution in [0.2, 0.25) is 0 Å². The van der Waals surface area contributed by atoms with Gasteiger partial charge in [-0.05, 0) is 45.7 Å². The molecule has 0 bridgehead atoms. The van der Waals surface area contributed by atoms with Crippen molar-refractivity contribution in [1.29, 1.82) is 0 Å². The van der Waals surface area contributed by atoms with E-state index in [9.17, 15) is 14.7 Å². The maximum Gasteiger partial charge on any atom is 0.410 e. The standard InChI is InChI=1S/C27H30N6O4/c1-26(2,3)37-25(35)31-13-11-27(36,12-14-31)17-32-18-29-23-21(24(32)34)16-30-33(23)20-9-10-22(28-15-20)19-7-5-4-6-8-19/h4-10,15-16,18,36H,11-14,17H2,1-3H3. The molecule has 1 fully saturated rings. The molecule has 1 aliphatic rings. The largest absolute Gasteiger partial charge is 0.444 e. The van der Waals surface area contributed by atoms with Crippen LogP contribution in [0.5, 0.6) is 0 Å². The zero-order valence-corrected chi connectivity index (χ0v) is 21.2. The number of fused-ring (bicyclic) bond motifs is 1. The van der Waals surface area contributed by atoms with Crippen LogP contribution in [-0.4, -0.2) is 64.7 Å². The fraction of sp³-hybridized carbons (Fsp3) is 0.370. The Kier molecular flexibility index (Phi) is 6.28. The predicted octanol–water partition coefficient (Wildman–Crippen LogP) is 3.41. The summed E-state index contributed by atoms with van der Waals surface area (Å²) in [6, 6.07) is 13.6. The highest BCUT2D eigenvalue weighted by molar-refractivity contribution is 5.75. The van der Waals surface area contributed by atoms with Crippen molar-refractivity contribution in [1.82, 2.24) is 29.2 Å². The number of carbonyl (C=O) groups excluding carboxylic acids is 1. The highest BCUT2D eigenvalue weighted by atomic mass is 16.6. The van der Waals surface area contributed by atoms with Crippen molar-refractivity contribution in [2.45, 2.75) is 51.4 Å². The number of likely N-dealkylation sites (tertiary alicyclic amines) is 1. The average molecular weight is 503 g/mol. The number of amides is 1. The first kappa shape index (κ1) is 24.6. The SMILES string of the molecule is CC(C)(C)OC(=O)N1CCC(O)(Cn2cnc3c(cnn3-c3ccc(-c4ccccc4)nc3)c2=O)CC1. The van der Waals surface area contributed by atoms with E-state index in [0.717, 1.165) is 11.3 Å². The van der Waals surface area contributed by atoms with Crippen LogP contribution in [0.25, 0.3) is 28.0 Å². The van der Waals surface area contributed by atoms with Gasteiger partial charge in [0.25, 0.3) is 5.56 Å². The lowest BCUT2D eigenvalue weighted by Gasteiger charge is -2.38. The van der Waals surface area contributed by atoms with Gasteiger partial charge in [-0.1, -0.05) is 30.3 Å². The quantitative estimate of drug-likeness (QED) is 0.455. The number of rotatable bonds is 4. The second kappa shape index (κ2) is 9.44. The Hall–Kier alpha value is -4.05. The Morgan fingerprint density at radius 2 is 1.78 bits per heavy atom. The minimum absolute atomic E-state index is 0.0788. The number of hydrogen-bond acceptors (Lipinski definition) is 7. The van der Waals surface area contributed by atoms with Gasteiger partial charge in [-0.15, -0.1) is 0 Å². The number of hydrogen-bond donors (Lipinski definition) is 1. The van der Waals surface area contributed by atoms with Crippen LogP contribution in [0, 0.1) is 0 Å². The highest BCUT2D eigenvalue weighted by Gasteiger charge is 2.36. The molecule has 1 N–H and O–H groups in total. The molecule has 0 atom stereocenters. The summed E-state index contributed by atoms with van der Waals surface area (Å²) >= 11 is 0. The predicted molar refractivity (Wildman–Crippen MR) is 138 cm³/mol. The number of pyridine rings is 1. The third-order valence-electron chi connectivity index (χ3n) is 6.43. The first-order valence-electron chi connectivity index (χ1n) is 12.3. The Morgan fingerprint density at radius 3 is 2.43 bits per heavy atom. The molecule has 1 amide bonds. The van der Waals surface area contributed by atoms with Crippen molar-refractivity contribution in [3.05, 3.63) is 71.5 Å². The molecule has 10 nitrogen and oxygen atoms in total. The Morgan fingerprint density at radius 1 is 1.05 bits per heavy atom. The third kappa shape index (κ3) is 5.24. The van der Waals surface area contributed by atoms with E-state index in [2.05, 4.69) is 15.1 Å². The molecule has 10 heteroatoms. The van der Waals surface area contributed by atoms with Crippen molar-refractivity contribution < 1.29 is 14.6 Å². The fourth-order valence-electron chi connectivity index (χ4n) is 4.45. The van der Waals surface area contributed by atoms with Gasteiger partial charge >= 0.3 is 6.09 Å². The van der Waals surface area contributed by atoms with E-state index in [1.807, 2.05) is 63.2 Å². The summed E-state index contributed by atoms with van der Waals surface area (Å²) in [5.74, 6) is 0. The van der Waals surface area contributed by atoms with E-state index in [1.165, 1.54) is 17.1 Å². The minimum atomic E-state index is -1.13. The second-order valence-corrected chi connectivity index (χ2v) is 10.4. The fourth-order valence-corrected chi connectivity index (χ4v) is 4.45. The molecule has 4 aromatic rings. The number of piperidine rings is 1. The van der Waals surface area contributed by atoms with E-state index in [1.54, 1.807) is 15.8 Å². The van der Waals surface area contributed by atoms with Crippen molar-refractivity contribution in [2.75, 3.05) is 13.1 Å². The molecule has 0 saturated carbocycles. The Labute approximate surface area is 214 Å². The molecule has 0 aliphatic carbocycles.